The first-order chi connectivity index (χ1) is 11.1. The standard InChI is InChI=1S/C18H22N2O3/c1-18(22,15-8-4-2-5-9-15)14-20-17(21)19-12-13-23-16-10-6-3-7-11-16/h2-11,22H,12-14H2,1H3,(H2,19,20,21). The van der Waals surface area contributed by atoms with Crippen LogP contribution in [0.5, 0.6) is 5.75 Å². The van der Waals surface area contributed by atoms with E-state index in [0.29, 0.717) is 13.2 Å². The molecule has 23 heavy (non-hydrogen) atoms. The van der Waals surface area contributed by atoms with Gasteiger partial charge >= 0.3 is 6.03 Å². The van der Waals surface area contributed by atoms with Crippen LogP contribution < -0.4 is 15.4 Å². The van der Waals surface area contributed by atoms with Gasteiger partial charge in [-0.15, -0.1) is 0 Å². The Kier molecular flexibility index (Phi) is 6.00. The molecule has 1 atom stereocenters. The number of nitrogens with one attached hydrogen (secondary N) is 2. The Hall–Kier alpha value is -2.53. The highest BCUT2D eigenvalue weighted by Gasteiger charge is 2.23. The van der Waals surface area contributed by atoms with Gasteiger partial charge in [-0.1, -0.05) is 48.5 Å². The highest BCUT2D eigenvalue weighted by Crippen LogP contribution is 2.18. The summed E-state index contributed by atoms with van der Waals surface area (Å²) in [6.07, 6.45) is 0. The van der Waals surface area contributed by atoms with Crippen molar-refractivity contribution in [2.24, 2.45) is 0 Å². The number of carbonyl (C=O) groups excluding carboxylic acids is 1. The first kappa shape index (κ1) is 16.8. The molecule has 2 aromatic carbocycles. The Morgan fingerprint density at radius 2 is 1.65 bits per heavy atom. The van der Waals surface area contributed by atoms with Crippen molar-refractivity contribution in [3.8, 4) is 5.75 Å². The molecule has 2 amide bonds. The number of amides is 2. The number of ether oxygens (including phenoxy) is 1. The summed E-state index contributed by atoms with van der Waals surface area (Å²) in [5.41, 5.74) is -0.355. The van der Waals surface area contributed by atoms with E-state index >= 15 is 0 Å². The molecule has 2 rings (SSSR count). The molecule has 0 radical (unpaired) electrons. The summed E-state index contributed by atoms with van der Waals surface area (Å²) in [7, 11) is 0. The summed E-state index contributed by atoms with van der Waals surface area (Å²) >= 11 is 0. The molecule has 3 N–H and O–H groups in total. The van der Waals surface area contributed by atoms with Crippen molar-refractivity contribution < 1.29 is 14.6 Å². The second kappa shape index (κ2) is 8.19. The summed E-state index contributed by atoms with van der Waals surface area (Å²) in [6.45, 7) is 2.56. The van der Waals surface area contributed by atoms with E-state index in [1.807, 2.05) is 60.7 Å². The average molecular weight is 314 g/mol. The zero-order valence-corrected chi connectivity index (χ0v) is 13.2. The van der Waals surface area contributed by atoms with Gasteiger partial charge in [0.2, 0.25) is 0 Å². The molecule has 5 heteroatoms. The molecule has 2 aromatic rings. The molecule has 0 heterocycles. The van der Waals surface area contributed by atoms with E-state index in [0.717, 1.165) is 11.3 Å². The maximum Gasteiger partial charge on any atom is 0.315 e. The smallest absolute Gasteiger partial charge is 0.315 e. The summed E-state index contributed by atoms with van der Waals surface area (Å²) < 4.78 is 5.48. The first-order valence-corrected chi connectivity index (χ1v) is 7.55. The quantitative estimate of drug-likeness (QED) is 0.687. The number of benzene rings is 2. The fourth-order valence-corrected chi connectivity index (χ4v) is 2.06. The molecule has 0 aliphatic heterocycles. The molecule has 0 aliphatic rings. The SMILES string of the molecule is CC(O)(CNC(=O)NCCOc1ccccc1)c1ccccc1. The van der Waals surface area contributed by atoms with Crippen LogP contribution in [0, 0.1) is 0 Å². The van der Waals surface area contributed by atoms with E-state index in [2.05, 4.69) is 10.6 Å². The number of hydrogen-bond acceptors (Lipinski definition) is 3. The Labute approximate surface area is 136 Å². The molecule has 1 unspecified atom stereocenters. The summed E-state index contributed by atoms with van der Waals surface area (Å²) in [5, 5.41) is 15.7. The fourth-order valence-electron chi connectivity index (χ4n) is 2.06. The number of aliphatic hydroxyl groups is 1. The summed E-state index contributed by atoms with van der Waals surface area (Å²) in [4.78, 5) is 11.7. The van der Waals surface area contributed by atoms with Crippen molar-refractivity contribution in [2.45, 2.75) is 12.5 Å². The van der Waals surface area contributed by atoms with Gasteiger partial charge in [-0.05, 0) is 24.6 Å². The Balaban J connectivity index is 1.67. The van der Waals surface area contributed by atoms with Crippen LogP contribution in [0.4, 0.5) is 4.79 Å². The Bertz CT molecular complexity index is 600. The topological polar surface area (TPSA) is 70.6 Å². The summed E-state index contributed by atoms with van der Waals surface area (Å²) in [6, 6.07) is 18.3. The molecule has 0 saturated carbocycles. The third kappa shape index (κ3) is 5.64. The van der Waals surface area contributed by atoms with Crippen LogP contribution in [-0.4, -0.2) is 30.8 Å². The van der Waals surface area contributed by atoms with Crippen LogP contribution in [0.15, 0.2) is 60.7 Å². The van der Waals surface area contributed by atoms with E-state index in [9.17, 15) is 9.90 Å². The average Bonchev–Trinajstić information content (AvgIpc) is 2.59. The predicted molar refractivity (Wildman–Crippen MR) is 89.4 cm³/mol. The van der Waals surface area contributed by atoms with Gasteiger partial charge in [-0.3, -0.25) is 0 Å². The van der Waals surface area contributed by atoms with Gasteiger partial charge in [-0.2, -0.15) is 0 Å². The molecule has 0 aliphatic carbocycles. The summed E-state index contributed by atoms with van der Waals surface area (Å²) in [5.74, 6) is 0.765. The van der Waals surface area contributed by atoms with Crippen LogP contribution in [0.25, 0.3) is 0 Å². The highest BCUT2D eigenvalue weighted by molar-refractivity contribution is 5.73. The van der Waals surface area contributed by atoms with Crippen molar-refractivity contribution in [3.63, 3.8) is 0 Å². The van der Waals surface area contributed by atoms with Gasteiger partial charge < -0.3 is 20.5 Å². The predicted octanol–water partition coefficient (Wildman–Crippen LogP) is 2.27. The normalized spacial score (nSPS) is 13.0. The van der Waals surface area contributed by atoms with E-state index in [-0.39, 0.29) is 12.6 Å². The van der Waals surface area contributed by atoms with Crippen molar-refractivity contribution >= 4 is 6.03 Å². The fraction of sp³-hybridized carbons (Fsp3) is 0.278. The van der Waals surface area contributed by atoms with Crippen LogP contribution in [0.1, 0.15) is 12.5 Å². The molecule has 0 saturated heterocycles. The minimum Gasteiger partial charge on any atom is -0.492 e. The van der Waals surface area contributed by atoms with E-state index in [1.54, 1.807) is 6.92 Å². The number of carbonyl (C=O) groups is 1. The van der Waals surface area contributed by atoms with Crippen LogP contribution >= 0.6 is 0 Å². The van der Waals surface area contributed by atoms with Gasteiger partial charge in [0, 0.05) is 0 Å². The lowest BCUT2D eigenvalue weighted by Gasteiger charge is -2.24. The van der Waals surface area contributed by atoms with Gasteiger partial charge in [0.05, 0.1) is 13.1 Å². The molecular formula is C18H22N2O3. The Morgan fingerprint density at radius 3 is 2.30 bits per heavy atom. The van der Waals surface area contributed by atoms with Crippen molar-refractivity contribution in [2.75, 3.05) is 19.7 Å². The van der Waals surface area contributed by atoms with Crippen LogP contribution in [0.2, 0.25) is 0 Å². The van der Waals surface area contributed by atoms with E-state index in [1.165, 1.54) is 0 Å². The van der Waals surface area contributed by atoms with Gasteiger partial charge in [-0.25, -0.2) is 4.79 Å². The lowest BCUT2D eigenvalue weighted by molar-refractivity contribution is 0.0593. The third-order valence-corrected chi connectivity index (χ3v) is 3.39. The van der Waals surface area contributed by atoms with E-state index in [4.69, 9.17) is 4.74 Å². The van der Waals surface area contributed by atoms with Crippen molar-refractivity contribution in [1.29, 1.82) is 0 Å². The molecule has 5 nitrogen and oxygen atoms in total. The number of urea groups is 1. The van der Waals surface area contributed by atoms with Gasteiger partial charge in [0.15, 0.2) is 0 Å². The van der Waals surface area contributed by atoms with Crippen LogP contribution in [-0.2, 0) is 5.60 Å². The number of rotatable bonds is 7. The van der Waals surface area contributed by atoms with Crippen molar-refractivity contribution in [3.05, 3.63) is 66.2 Å². The maximum absolute atomic E-state index is 11.7. The zero-order valence-electron chi connectivity index (χ0n) is 13.2. The first-order valence-electron chi connectivity index (χ1n) is 7.55. The minimum atomic E-state index is -1.11. The minimum absolute atomic E-state index is 0.127. The zero-order chi connectivity index (χ0) is 16.5. The molecule has 122 valence electrons. The highest BCUT2D eigenvalue weighted by atomic mass is 16.5. The molecular weight excluding hydrogens is 292 g/mol. The van der Waals surface area contributed by atoms with Gasteiger partial charge in [0.1, 0.15) is 18.0 Å². The lowest BCUT2D eigenvalue weighted by atomic mass is 9.96. The third-order valence-electron chi connectivity index (χ3n) is 3.39. The van der Waals surface area contributed by atoms with Gasteiger partial charge in [0.25, 0.3) is 0 Å². The second-order valence-electron chi connectivity index (χ2n) is 5.41. The van der Waals surface area contributed by atoms with Crippen molar-refractivity contribution in [1.82, 2.24) is 10.6 Å². The molecule has 0 bridgehead atoms. The molecule has 0 spiro atoms. The molecule has 0 aromatic heterocycles. The number of para-hydroxylation sites is 1. The monoisotopic (exact) mass is 314 g/mol. The largest absolute Gasteiger partial charge is 0.492 e. The lowest BCUT2D eigenvalue weighted by Crippen LogP contribution is -2.44. The van der Waals surface area contributed by atoms with E-state index < -0.39 is 5.60 Å². The maximum atomic E-state index is 11.7. The molecule has 0 fully saturated rings. The number of hydrogen-bond donors (Lipinski definition) is 3. The Morgan fingerprint density at radius 1 is 1.04 bits per heavy atom. The second-order valence-corrected chi connectivity index (χ2v) is 5.41. The van der Waals surface area contributed by atoms with Crippen LogP contribution in [0.3, 0.4) is 0 Å².